The number of sulfonamides is 1. The van der Waals surface area contributed by atoms with E-state index >= 15 is 0 Å². The molecule has 0 saturated heterocycles. The Labute approximate surface area is 131 Å². The van der Waals surface area contributed by atoms with Crippen molar-refractivity contribution in [2.75, 3.05) is 4.72 Å². The van der Waals surface area contributed by atoms with E-state index in [2.05, 4.69) is 36.6 Å². The molecule has 1 aromatic heterocycles. The van der Waals surface area contributed by atoms with Gasteiger partial charge >= 0.3 is 0 Å². The Morgan fingerprint density at radius 1 is 1.21 bits per heavy atom. The third-order valence-corrected chi connectivity index (χ3v) is 6.13. The number of thiophene rings is 1. The van der Waals surface area contributed by atoms with E-state index in [4.69, 9.17) is 5.26 Å². The van der Waals surface area contributed by atoms with Gasteiger partial charge in [-0.15, -0.1) is 11.3 Å². The van der Waals surface area contributed by atoms with Crippen molar-refractivity contribution in [3.8, 4) is 6.07 Å². The molecular formula is C11H6Br2N2O2S2. The van der Waals surface area contributed by atoms with Gasteiger partial charge in [-0.2, -0.15) is 5.26 Å². The topological polar surface area (TPSA) is 70.0 Å². The van der Waals surface area contributed by atoms with Crippen LogP contribution in [0.15, 0.2) is 42.8 Å². The molecule has 4 nitrogen and oxygen atoms in total. The summed E-state index contributed by atoms with van der Waals surface area (Å²) in [6, 6.07) is 9.89. The largest absolute Gasteiger partial charge is 0.278 e. The number of nitrogens with one attached hydrogen (secondary N) is 1. The normalized spacial score (nSPS) is 11.0. The summed E-state index contributed by atoms with van der Waals surface area (Å²) in [4.78, 5) is 0. The molecule has 0 spiro atoms. The molecule has 0 radical (unpaired) electrons. The second-order valence-electron chi connectivity index (χ2n) is 3.47. The summed E-state index contributed by atoms with van der Waals surface area (Å²) < 4.78 is 28.3. The Bertz CT molecular complexity index is 763. The smallest absolute Gasteiger partial charge is 0.271 e. The van der Waals surface area contributed by atoms with Crippen molar-refractivity contribution in [1.82, 2.24) is 0 Å². The first-order chi connectivity index (χ1) is 8.92. The lowest BCUT2D eigenvalue weighted by Crippen LogP contribution is -2.12. The van der Waals surface area contributed by atoms with E-state index in [0.717, 1.165) is 15.1 Å². The van der Waals surface area contributed by atoms with Crippen molar-refractivity contribution in [2.45, 2.75) is 4.21 Å². The van der Waals surface area contributed by atoms with E-state index in [9.17, 15) is 8.42 Å². The van der Waals surface area contributed by atoms with E-state index in [1.54, 1.807) is 24.3 Å². The molecule has 1 heterocycles. The Kier molecular flexibility index (Phi) is 4.30. The number of hydrogen-bond donors (Lipinski definition) is 1. The predicted molar refractivity (Wildman–Crippen MR) is 81.7 cm³/mol. The first-order valence-corrected chi connectivity index (χ1v) is 8.79. The minimum absolute atomic E-state index is 0.186. The molecule has 8 heteroatoms. The van der Waals surface area contributed by atoms with Gasteiger partial charge in [0.25, 0.3) is 10.0 Å². The molecule has 0 bridgehead atoms. The fraction of sp³-hybridized carbons (Fsp3) is 0. The molecule has 0 atom stereocenters. The number of hydrogen-bond acceptors (Lipinski definition) is 4. The number of rotatable bonds is 3. The van der Waals surface area contributed by atoms with Crippen molar-refractivity contribution < 1.29 is 8.42 Å². The minimum atomic E-state index is -3.67. The summed E-state index contributed by atoms with van der Waals surface area (Å²) in [7, 11) is -3.67. The van der Waals surface area contributed by atoms with Crippen LogP contribution >= 0.6 is 43.2 Å². The average Bonchev–Trinajstić information content (AvgIpc) is 2.79. The van der Waals surface area contributed by atoms with Crippen molar-refractivity contribution in [2.24, 2.45) is 0 Å². The molecule has 98 valence electrons. The number of halogens is 2. The van der Waals surface area contributed by atoms with E-state index in [1.807, 2.05) is 6.07 Å². The maximum absolute atomic E-state index is 12.1. The summed E-state index contributed by atoms with van der Waals surface area (Å²) in [6.45, 7) is 0. The summed E-state index contributed by atoms with van der Waals surface area (Å²) in [5.74, 6) is 0. The molecule has 0 fully saturated rings. The number of nitriles is 1. The molecule has 1 aromatic carbocycles. The third-order valence-electron chi connectivity index (χ3n) is 2.16. The van der Waals surface area contributed by atoms with Crippen LogP contribution in [0, 0.1) is 11.3 Å². The molecule has 0 aliphatic heterocycles. The molecular weight excluding hydrogens is 416 g/mol. The van der Waals surface area contributed by atoms with Gasteiger partial charge in [0.2, 0.25) is 0 Å². The van der Waals surface area contributed by atoms with E-state index in [1.165, 1.54) is 6.07 Å². The first kappa shape index (κ1) is 14.5. The fourth-order valence-electron chi connectivity index (χ4n) is 1.34. The lowest BCUT2D eigenvalue weighted by Gasteiger charge is -2.08. The summed E-state index contributed by atoms with van der Waals surface area (Å²) >= 11 is 7.55. The standard InChI is InChI=1S/C11H6Br2N2O2S2/c12-8-1-2-9(7(5-8)6-14)15-19(16,17)11-4-3-10(13)18-11/h1-5,15H. The first-order valence-electron chi connectivity index (χ1n) is 4.90. The van der Waals surface area contributed by atoms with Gasteiger partial charge in [0.05, 0.1) is 15.0 Å². The Morgan fingerprint density at radius 2 is 1.95 bits per heavy atom. The van der Waals surface area contributed by atoms with Crippen LogP contribution < -0.4 is 4.72 Å². The van der Waals surface area contributed by atoms with Gasteiger partial charge in [0.15, 0.2) is 0 Å². The average molecular weight is 422 g/mol. The third kappa shape index (κ3) is 3.36. The predicted octanol–water partition coefficient (Wildman–Crippen LogP) is 3.95. The van der Waals surface area contributed by atoms with Crippen LogP contribution in [-0.4, -0.2) is 8.42 Å². The molecule has 2 aromatic rings. The summed E-state index contributed by atoms with van der Waals surface area (Å²) in [5, 5.41) is 9.00. The molecule has 1 N–H and O–H groups in total. The zero-order valence-electron chi connectivity index (χ0n) is 9.22. The van der Waals surface area contributed by atoms with Crippen LogP contribution in [0.5, 0.6) is 0 Å². The zero-order chi connectivity index (χ0) is 14.0. The van der Waals surface area contributed by atoms with Crippen LogP contribution in [0.1, 0.15) is 5.56 Å². The number of anilines is 1. The van der Waals surface area contributed by atoms with E-state index < -0.39 is 10.0 Å². The van der Waals surface area contributed by atoms with Gasteiger partial charge in [-0.3, -0.25) is 4.72 Å². The molecule has 0 aliphatic rings. The van der Waals surface area contributed by atoms with Gasteiger partial charge in [-0.05, 0) is 46.3 Å². The van der Waals surface area contributed by atoms with Gasteiger partial charge in [0.1, 0.15) is 10.3 Å². The number of nitrogens with zero attached hydrogens (tertiary/aromatic N) is 1. The molecule has 0 amide bonds. The van der Waals surface area contributed by atoms with E-state index in [-0.39, 0.29) is 15.5 Å². The highest BCUT2D eigenvalue weighted by Gasteiger charge is 2.18. The van der Waals surface area contributed by atoms with Crippen LogP contribution in [0.4, 0.5) is 5.69 Å². The van der Waals surface area contributed by atoms with Gasteiger partial charge < -0.3 is 0 Å². The monoisotopic (exact) mass is 420 g/mol. The van der Waals surface area contributed by atoms with Gasteiger partial charge in [0, 0.05) is 4.47 Å². The van der Waals surface area contributed by atoms with E-state index in [0.29, 0.717) is 4.47 Å². The molecule has 0 unspecified atom stereocenters. The maximum atomic E-state index is 12.1. The molecule has 0 saturated carbocycles. The summed E-state index contributed by atoms with van der Waals surface area (Å²) in [5.41, 5.74) is 0.517. The highest BCUT2D eigenvalue weighted by Crippen LogP contribution is 2.29. The zero-order valence-corrected chi connectivity index (χ0v) is 14.0. The number of benzene rings is 1. The molecule has 0 aliphatic carbocycles. The molecule has 19 heavy (non-hydrogen) atoms. The van der Waals surface area contributed by atoms with Crippen molar-refractivity contribution in [3.63, 3.8) is 0 Å². The van der Waals surface area contributed by atoms with Gasteiger partial charge in [-0.25, -0.2) is 8.42 Å². The Hall–Kier alpha value is -0.880. The fourth-order valence-corrected chi connectivity index (χ4v) is 4.79. The van der Waals surface area contributed by atoms with Crippen molar-refractivity contribution >= 4 is 58.9 Å². The van der Waals surface area contributed by atoms with Crippen LogP contribution in [0.3, 0.4) is 0 Å². The van der Waals surface area contributed by atoms with Crippen LogP contribution in [0.2, 0.25) is 0 Å². The SMILES string of the molecule is N#Cc1cc(Br)ccc1NS(=O)(=O)c1ccc(Br)s1. The summed E-state index contributed by atoms with van der Waals surface area (Å²) in [6.07, 6.45) is 0. The van der Waals surface area contributed by atoms with Gasteiger partial charge in [-0.1, -0.05) is 15.9 Å². The Balaban J connectivity index is 2.39. The lowest BCUT2D eigenvalue weighted by molar-refractivity contribution is 0.603. The highest BCUT2D eigenvalue weighted by atomic mass is 79.9. The molecule has 2 rings (SSSR count). The second-order valence-corrected chi connectivity index (χ2v) is 8.75. The Morgan fingerprint density at radius 3 is 2.53 bits per heavy atom. The van der Waals surface area contributed by atoms with Crippen molar-refractivity contribution in [1.29, 1.82) is 5.26 Å². The van der Waals surface area contributed by atoms with Crippen LogP contribution in [-0.2, 0) is 10.0 Å². The minimum Gasteiger partial charge on any atom is -0.278 e. The van der Waals surface area contributed by atoms with Crippen molar-refractivity contribution in [3.05, 3.63) is 44.2 Å². The van der Waals surface area contributed by atoms with Crippen LogP contribution in [0.25, 0.3) is 0 Å². The second kappa shape index (κ2) is 5.63. The quantitative estimate of drug-likeness (QED) is 0.815. The maximum Gasteiger partial charge on any atom is 0.271 e. The lowest BCUT2D eigenvalue weighted by atomic mass is 10.2. The highest BCUT2D eigenvalue weighted by molar-refractivity contribution is 9.11.